The molecule has 0 unspecified atom stereocenters. The highest BCUT2D eigenvalue weighted by Crippen LogP contribution is 2.29. The van der Waals surface area contributed by atoms with E-state index in [0.29, 0.717) is 18.7 Å². The molecule has 27 heavy (non-hydrogen) atoms. The van der Waals surface area contributed by atoms with Crippen molar-refractivity contribution in [2.45, 2.75) is 31.8 Å². The second kappa shape index (κ2) is 10.2. The van der Waals surface area contributed by atoms with Crippen molar-refractivity contribution in [2.75, 3.05) is 19.4 Å². The van der Waals surface area contributed by atoms with E-state index in [1.165, 1.54) is 30.5 Å². The zero-order valence-corrected chi connectivity index (χ0v) is 16.4. The third-order valence-electron chi connectivity index (χ3n) is 3.87. The summed E-state index contributed by atoms with van der Waals surface area (Å²) in [7, 11) is 1.39. The predicted molar refractivity (Wildman–Crippen MR) is 103 cm³/mol. The van der Waals surface area contributed by atoms with Gasteiger partial charge in [-0.2, -0.15) is 8.78 Å². The maximum Gasteiger partial charge on any atom is 0.387 e. The van der Waals surface area contributed by atoms with Gasteiger partial charge in [0.05, 0.1) is 12.9 Å². The number of methoxy groups -OCH3 is 1. The molecule has 2 aromatic carbocycles. The Balaban J connectivity index is 1.80. The fraction of sp³-hybridized carbons (Fsp3) is 0.350. The fourth-order valence-electron chi connectivity index (χ4n) is 2.56. The molecule has 0 spiro atoms. The normalized spacial score (nSPS) is 10.7. The van der Waals surface area contributed by atoms with Gasteiger partial charge in [0.1, 0.15) is 0 Å². The molecule has 1 N–H and O–H groups in total. The molecule has 0 saturated heterocycles. The minimum atomic E-state index is -2.90. The minimum absolute atomic E-state index is 0.00912. The number of nitrogens with one attached hydrogen (secondary N) is 1. The maximum atomic E-state index is 12.3. The Kier molecular flexibility index (Phi) is 7.91. The molecule has 0 bridgehead atoms. The Morgan fingerprint density at radius 2 is 1.93 bits per heavy atom. The Hall–Kier alpha value is -2.28. The zero-order chi connectivity index (χ0) is 19.8. The molecule has 0 aliphatic carbocycles. The first-order valence-electron chi connectivity index (χ1n) is 8.47. The van der Waals surface area contributed by atoms with E-state index in [0.717, 1.165) is 16.0 Å². The van der Waals surface area contributed by atoms with Crippen LogP contribution < -0.4 is 14.8 Å². The van der Waals surface area contributed by atoms with Crippen LogP contribution in [0.3, 0.4) is 0 Å². The van der Waals surface area contributed by atoms with E-state index in [2.05, 4.69) is 16.1 Å². The summed E-state index contributed by atoms with van der Waals surface area (Å²) >= 11 is 1.50. The summed E-state index contributed by atoms with van der Waals surface area (Å²) in [6.45, 7) is 1.61. The van der Waals surface area contributed by atoms with Crippen LogP contribution in [0.1, 0.15) is 16.7 Å². The molecule has 0 aliphatic heterocycles. The number of hydrogen-bond donors (Lipinski definition) is 1. The highest BCUT2D eigenvalue weighted by atomic mass is 32.2. The summed E-state index contributed by atoms with van der Waals surface area (Å²) in [4.78, 5) is 13.1. The van der Waals surface area contributed by atoms with Gasteiger partial charge in [0.2, 0.25) is 5.91 Å². The molecule has 0 saturated carbocycles. The Morgan fingerprint density at radius 1 is 1.15 bits per heavy atom. The number of halogens is 2. The number of aryl methyl sites for hydroxylation is 2. The lowest BCUT2D eigenvalue weighted by Crippen LogP contribution is -2.27. The Labute approximate surface area is 162 Å². The van der Waals surface area contributed by atoms with Crippen molar-refractivity contribution in [3.63, 3.8) is 0 Å². The molecule has 0 fully saturated rings. The quantitative estimate of drug-likeness (QED) is 0.641. The summed E-state index contributed by atoms with van der Waals surface area (Å²) in [6.07, 6.45) is 0.561. The number of carbonyl (C=O) groups is 1. The van der Waals surface area contributed by atoms with Gasteiger partial charge in [-0.15, -0.1) is 11.8 Å². The van der Waals surface area contributed by atoms with Gasteiger partial charge >= 0.3 is 6.61 Å². The average molecular weight is 395 g/mol. The lowest BCUT2D eigenvalue weighted by Gasteiger charge is -2.12. The molecular weight excluding hydrogens is 372 g/mol. The molecule has 2 rings (SSSR count). The van der Waals surface area contributed by atoms with Crippen LogP contribution in [0.25, 0.3) is 0 Å². The van der Waals surface area contributed by atoms with E-state index in [4.69, 9.17) is 4.74 Å². The number of thioether (sulfide) groups is 1. The maximum absolute atomic E-state index is 12.3. The van der Waals surface area contributed by atoms with Crippen LogP contribution in [0.4, 0.5) is 8.78 Å². The Bertz CT molecular complexity index is 784. The van der Waals surface area contributed by atoms with E-state index >= 15 is 0 Å². The fourth-order valence-corrected chi connectivity index (χ4v) is 3.40. The van der Waals surface area contributed by atoms with Gasteiger partial charge in [0.15, 0.2) is 11.5 Å². The number of hydrogen-bond acceptors (Lipinski definition) is 4. The number of alkyl halides is 2. The third kappa shape index (κ3) is 6.75. The average Bonchev–Trinajstić information content (AvgIpc) is 2.61. The molecule has 4 nitrogen and oxygen atoms in total. The monoisotopic (exact) mass is 395 g/mol. The lowest BCUT2D eigenvalue weighted by molar-refractivity contribution is -0.118. The number of benzene rings is 2. The molecule has 2 aromatic rings. The smallest absolute Gasteiger partial charge is 0.387 e. The second-order valence-electron chi connectivity index (χ2n) is 6.02. The molecule has 0 aromatic heterocycles. The van der Waals surface area contributed by atoms with Gasteiger partial charge in [-0.1, -0.05) is 23.8 Å². The number of carbonyl (C=O) groups excluding carboxylic acids is 1. The lowest BCUT2D eigenvalue weighted by atomic mass is 10.1. The van der Waals surface area contributed by atoms with Gasteiger partial charge in [0, 0.05) is 11.4 Å². The van der Waals surface area contributed by atoms with Gasteiger partial charge in [0.25, 0.3) is 0 Å². The van der Waals surface area contributed by atoms with Crippen molar-refractivity contribution in [2.24, 2.45) is 0 Å². The van der Waals surface area contributed by atoms with Gasteiger partial charge in [-0.25, -0.2) is 0 Å². The molecule has 0 radical (unpaired) electrons. The van der Waals surface area contributed by atoms with Crippen LogP contribution in [0.15, 0.2) is 41.3 Å². The predicted octanol–water partition coefficient (Wildman–Crippen LogP) is 4.36. The first kappa shape index (κ1) is 21.0. The summed E-state index contributed by atoms with van der Waals surface area (Å²) in [5, 5.41) is 2.86. The van der Waals surface area contributed by atoms with Crippen LogP contribution in [0.2, 0.25) is 0 Å². The summed E-state index contributed by atoms with van der Waals surface area (Å²) in [5.74, 6) is 0.522. The number of ether oxygens (including phenoxy) is 2. The SMILES string of the molecule is COc1cc(CCNC(=O)CSc2ccc(C)cc2C)ccc1OC(F)F. The standard InChI is InChI=1S/C20H23F2NO3S/c1-13-4-7-18(14(2)10-13)27-12-19(24)23-9-8-15-5-6-16(26-20(21)22)17(11-15)25-3/h4-7,10-11,20H,8-9,12H2,1-3H3,(H,23,24). The summed E-state index contributed by atoms with van der Waals surface area (Å²) < 4.78 is 34.1. The van der Waals surface area contributed by atoms with E-state index < -0.39 is 6.61 Å². The molecule has 146 valence electrons. The highest BCUT2D eigenvalue weighted by molar-refractivity contribution is 8.00. The minimum Gasteiger partial charge on any atom is -0.493 e. The zero-order valence-electron chi connectivity index (χ0n) is 15.6. The van der Waals surface area contributed by atoms with Crippen molar-refractivity contribution in [1.82, 2.24) is 5.32 Å². The molecule has 0 atom stereocenters. The number of amides is 1. The molecule has 7 heteroatoms. The molecule has 0 aliphatic rings. The largest absolute Gasteiger partial charge is 0.493 e. The van der Waals surface area contributed by atoms with E-state index in [-0.39, 0.29) is 17.4 Å². The van der Waals surface area contributed by atoms with Crippen molar-refractivity contribution in [3.8, 4) is 11.5 Å². The van der Waals surface area contributed by atoms with Gasteiger partial charge < -0.3 is 14.8 Å². The van der Waals surface area contributed by atoms with Gasteiger partial charge in [-0.05, 0) is 49.6 Å². The summed E-state index contributed by atoms with van der Waals surface area (Å²) in [6, 6.07) is 10.9. The van der Waals surface area contributed by atoms with Crippen LogP contribution in [-0.2, 0) is 11.2 Å². The highest BCUT2D eigenvalue weighted by Gasteiger charge is 2.11. The molecule has 0 heterocycles. The van der Waals surface area contributed by atoms with Crippen molar-refractivity contribution >= 4 is 17.7 Å². The third-order valence-corrected chi connectivity index (χ3v) is 5.04. The van der Waals surface area contributed by atoms with Crippen molar-refractivity contribution < 1.29 is 23.0 Å². The van der Waals surface area contributed by atoms with Crippen LogP contribution >= 0.6 is 11.8 Å². The molecular formula is C20H23F2NO3S. The van der Waals surface area contributed by atoms with Crippen LogP contribution in [0, 0.1) is 13.8 Å². The Morgan fingerprint density at radius 3 is 2.59 bits per heavy atom. The van der Waals surface area contributed by atoms with E-state index in [1.807, 2.05) is 26.0 Å². The summed E-state index contributed by atoms with van der Waals surface area (Å²) in [5.41, 5.74) is 3.21. The number of rotatable bonds is 9. The molecule has 1 amide bonds. The van der Waals surface area contributed by atoms with Crippen molar-refractivity contribution in [1.29, 1.82) is 0 Å². The van der Waals surface area contributed by atoms with Crippen molar-refractivity contribution in [3.05, 3.63) is 53.1 Å². The van der Waals surface area contributed by atoms with Crippen LogP contribution in [-0.4, -0.2) is 31.9 Å². The topological polar surface area (TPSA) is 47.6 Å². The second-order valence-corrected chi connectivity index (χ2v) is 7.04. The van der Waals surface area contributed by atoms with Crippen LogP contribution in [0.5, 0.6) is 11.5 Å². The first-order chi connectivity index (χ1) is 12.9. The van der Waals surface area contributed by atoms with E-state index in [9.17, 15) is 13.6 Å². The van der Waals surface area contributed by atoms with Gasteiger partial charge in [-0.3, -0.25) is 4.79 Å². The first-order valence-corrected chi connectivity index (χ1v) is 9.46. The van der Waals surface area contributed by atoms with E-state index in [1.54, 1.807) is 12.1 Å².